The number of nitrogens with zero attached hydrogens (tertiary/aromatic N) is 2. The third kappa shape index (κ3) is 5.79. The van der Waals surface area contributed by atoms with Crippen LogP contribution in [0, 0.1) is 0 Å². The molecule has 9 rings (SSSR count). The molecule has 1 saturated carbocycles. The summed E-state index contributed by atoms with van der Waals surface area (Å²) in [5.41, 5.74) is 13.2. The lowest BCUT2D eigenvalue weighted by Gasteiger charge is -2.23. The van der Waals surface area contributed by atoms with Gasteiger partial charge in [0, 0.05) is 0 Å². The van der Waals surface area contributed by atoms with Gasteiger partial charge in [-0.2, -0.15) is 0 Å². The van der Waals surface area contributed by atoms with Crippen LogP contribution in [0.5, 0.6) is 0 Å². The molecule has 6 nitrogen and oxygen atoms in total. The Morgan fingerprint density at radius 2 is 1.20 bits per heavy atom. The third-order valence-corrected chi connectivity index (χ3v) is 10.2. The zero-order valence-corrected chi connectivity index (χ0v) is 28.2. The van der Waals surface area contributed by atoms with Gasteiger partial charge in [0.25, 0.3) is 0 Å². The van der Waals surface area contributed by atoms with Gasteiger partial charge in [-0.1, -0.05) is 42.5 Å². The number of aromatic amines is 2. The molecule has 2 aliphatic heterocycles. The van der Waals surface area contributed by atoms with Crippen LogP contribution in [0.3, 0.4) is 0 Å². The maximum Gasteiger partial charge on any atom is 0.124 e. The van der Waals surface area contributed by atoms with Gasteiger partial charge in [0.1, 0.15) is 11.6 Å². The van der Waals surface area contributed by atoms with Crippen molar-refractivity contribution in [3.8, 4) is 33.5 Å². The first-order valence-electron chi connectivity index (χ1n) is 15.6. The van der Waals surface area contributed by atoms with Crippen molar-refractivity contribution in [2.24, 2.45) is 0 Å². The number of rotatable bonds is 5. The predicted molar refractivity (Wildman–Crippen MR) is 193 cm³/mol. The number of H-pyrrole nitrogens is 2. The van der Waals surface area contributed by atoms with Gasteiger partial charge in [-0.05, 0) is 121 Å². The van der Waals surface area contributed by atoms with Crippen LogP contribution >= 0.6 is 49.6 Å². The standard InChI is InChI=1S/C35H36N6.4ClH/c1-3-28(36-15-1)34-38-19-31(41-34)21-7-5-20(6-8-21)25-12-13-26(33-24-10-9-23(17-24)32(25)33)22-11-14-27-30(18-22)40-35(39-27)29-4-2-16-37-29;;;;/h5-8,11-14,18-19,23-24,28-29,36-37H,1-4,9-10,15-17H2,(H,38,41)(H,39,40);4*1H/t23-,24+,28+,29+;;;;/m1..../s1. The van der Waals surface area contributed by atoms with Gasteiger partial charge in [0.15, 0.2) is 0 Å². The fraction of sp³-hybridized carbons (Fsp3) is 0.371. The molecular weight excluding hydrogens is 646 g/mol. The molecule has 45 heavy (non-hydrogen) atoms. The Hall–Kier alpha value is -2.58. The monoisotopic (exact) mass is 684 g/mol. The number of halogens is 4. The molecule has 2 aliphatic carbocycles. The fourth-order valence-electron chi connectivity index (χ4n) is 8.21. The molecule has 4 aliphatic rings. The molecule has 0 spiro atoms. The summed E-state index contributed by atoms with van der Waals surface area (Å²) in [5.74, 6) is 3.49. The van der Waals surface area contributed by atoms with E-state index in [0.717, 1.165) is 54.3 Å². The molecule has 2 aromatic heterocycles. The van der Waals surface area contributed by atoms with E-state index in [0.29, 0.717) is 23.9 Å². The summed E-state index contributed by atoms with van der Waals surface area (Å²) < 4.78 is 0. The number of hydrogen-bond donors (Lipinski definition) is 4. The van der Waals surface area contributed by atoms with Crippen molar-refractivity contribution >= 4 is 60.7 Å². The minimum atomic E-state index is 0. The van der Waals surface area contributed by atoms with Gasteiger partial charge in [-0.25, -0.2) is 9.97 Å². The van der Waals surface area contributed by atoms with E-state index in [9.17, 15) is 0 Å². The molecule has 10 heteroatoms. The van der Waals surface area contributed by atoms with Gasteiger partial charge >= 0.3 is 0 Å². The van der Waals surface area contributed by atoms with E-state index in [1.807, 2.05) is 6.20 Å². The van der Waals surface area contributed by atoms with Crippen molar-refractivity contribution in [3.05, 3.63) is 83.6 Å². The summed E-state index contributed by atoms with van der Waals surface area (Å²) in [6.07, 6.45) is 10.7. The summed E-state index contributed by atoms with van der Waals surface area (Å²) in [7, 11) is 0. The third-order valence-electron chi connectivity index (χ3n) is 10.2. The van der Waals surface area contributed by atoms with Crippen LogP contribution < -0.4 is 10.6 Å². The van der Waals surface area contributed by atoms with Crippen molar-refractivity contribution < 1.29 is 0 Å². The molecule has 2 bridgehead atoms. The van der Waals surface area contributed by atoms with E-state index in [1.165, 1.54) is 59.9 Å². The van der Waals surface area contributed by atoms with Gasteiger partial charge in [-0.15, -0.1) is 49.6 Å². The zero-order chi connectivity index (χ0) is 26.9. The van der Waals surface area contributed by atoms with Crippen LogP contribution in [0.4, 0.5) is 0 Å². The minimum Gasteiger partial charge on any atom is -0.341 e. The van der Waals surface area contributed by atoms with Crippen LogP contribution in [0.2, 0.25) is 0 Å². The highest BCUT2D eigenvalue weighted by Gasteiger charge is 2.40. The van der Waals surface area contributed by atoms with E-state index < -0.39 is 0 Å². The second-order valence-corrected chi connectivity index (χ2v) is 12.6. The first kappa shape index (κ1) is 33.8. The molecule has 238 valence electrons. The molecule has 0 amide bonds. The topological polar surface area (TPSA) is 81.4 Å². The van der Waals surface area contributed by atoms with Gasteiger partial charge in [-0.3, -0.25) is 0 Å². The van der Waals surface area contributed by atoms with Crippen LogP contribution in [0.25, 0.3) is 44.5 Å². The molecule has 4 N–H and O–H groups in total. The van der Waals surface area contributed by atoms with Crippen molar-refractivity contribution in [2.45, 2.75) is 68.9 Å². The summed E-state index contributed by atoms with van der Waals surface area (Å²) in [6.45, 7) is 2.16. The Balaban J connectivity index is 0.00000100. The van der Waals surface area contributed by atoms with Crippen LogP contribution in [0.15, 0.2) is 60.8 Å². The molecular formula is C35H40Cl4N6. The number of benzene rings is 3. The molecule has 0 radical (unpaired) electrons. The molecule has 0 unspecified atom stereocenters. The maximum absolute atomic E-state index is 4.92. The quantitative estimate of drug-likeness (QED) is 0.149. The molecule has 2 saturated heterocycles. The highest BCUT2D eigenvalue weighted by atomic mass is 35.5. The maximum atomic E-state index is 4.92. The second-order valence-electron chi connectivity index (χ2n) is 12.6. The summed E-state index contributed by atoms with van der Waals surface area (Å²) in [5, 5.41) is 7.12. The van der Waals surface area contributed by atoms with E-state index in [-0.39, 0.29) is 49.6 Å². The number of hydrogen-bond acceptors (Lipinski definition) is 4. The van der Waals surface area contributed by atoms with E-state index in [4.69, 9.17) is 4.98 Å². The van der Waals surface area contributed by atoms with Crippen molar-refractivity contribution in [3.63, 3.8) is 0 Å². The lowest BCUT2D eigenvalue weighted by molar-refractivity contribution is 0.613. The molecule has 3 aromatic carbocycles. The highest BCUT2D eigenvalue weighted by molar-refractivity contribution is 5.87. The van der Waals surface area contributed by atoms with E-state index in [2.05, 4.69) is 80.2 Å². The van der Waals surface area contributed by atoms with Crippen LogP contribution in [-0.2, 0) is 0 Å². The SMILES string of the molecule is Cl.Cl.Cl.Cl.c1cc(-c2ccc(-c3ccc4nc([C@@H]5CCCN5)[nH]c4c3)c3c2[C@@H]2CC[C@H]3C2)ccc1-c1cnc([C@@H]2CCCN2)[nH]1. The number of nitrogens with one attached hydrogen (secondary N) is 4. The first-order valence-corrected chi connectivity index (χ1v) is 15.6. The Morgan fingerprint density at radius 1 is 0.600 bits per heavy atom. The number of aromatic nitrogens is 4. The van der Waals surface area contributed by atoms with E-state index >= 15 is 0 Å². The predicted octanol–water partition coefficient (Wildman–Crippen LogP) is 9.19. The molecule has 4 atom stereocenters. The van der Waals surface area contributed by atoms with Gasteiger partial charge < -0.3 is 20.6 Å². The summed E-state index contributed by atoms with van der Waals surface area (Å²) >= 11 is 0. The Kier molecular flexibility index (Phi) is 10.2. The average Bonchev–Trinajstić information content (AvgIpc) is 3.86. The lowest BCUT2D eigenvalue weighted by atomic mass is 9.81. The largest absolute Gasteiger partial charge is 0.341 e. The Bertz CT molecular complexity index is 1770. The van der Waals surface area contributed by atoms with Crippen molar-refractivity contribution in [1.29, 1.82) is 0 Å². The Labute approximate surface area is 289 Å². The molecule has 3 fully saturated rings. The zero-order valence-electron chi connectivity index (χ0n) is 25.0. The van der Waals surface area contributed by atoms with Gasteiger partial charge in [0.2, 0.25) is 0 Å². The van der Waals surface area contributed by atoms with Crippen molar-refractivity contribution in [2.75, 3.05) is 13.1 Å². The average molecular weight is 687 g/mol. The minimum absolute atomic E-state index is 0. The van der Waals surface area contributed by atoms with Crippen LogP contribution in [0.1, 0.15) is 91.6 Å². The second kappa shape index (κ2) is 13.6. The van der Waals surface area contributed by atoms with Crippen LogP contribution in [-0.4, -0.2) is 33.0 Å². The fourth-order valence-corrected chi connectivity index (χ4v) is 8.21. The number of fused-ring (bicyclic) bond motifs is 6. The normalized spacial score (nSPS) is 22.8. The summed E-state index contributed by atoms with van der Waals surface area (Å²) in [4.78, 5) is 16.8. The lowest BCUT2D eigenvalue weighted by Crippen LogP contribution is -2.14. The summed E-state index contributed by atoms with van der Waals surface area (Å²) in [6, 6.07) is 21.4. The number of imidazole rings is 2. The van der Waals surface area contributed by atoms with E-state index in [1.54, 1.807) is 11.1 Å². The Morgan fingerprint density at radius 3 is 1.84 bits per heavy atom. The first-order chi connectivity index (χ1) is 20.3. The molecule has 4 heterocycles. The van der Waals surface area contributed by atoms with Crippen molar-refractivity contribution in [1.82, 2.24) is 30.6 Å². The smallest absolute Gasteiger partial charge is 0.124 e. The van der Waals surface area contributed by atoms with Gasteiger partial charge in [0.05, 0.1) is 35.0 Å². The molecule has 5 aromatic rings. The highest BCUT2D eigenvalue weighted by Crippen LogP contribution is 2.58.